The summed E-state index contributed by atoms with van der Waals surface area (Å²) < 4.78 is 9.66. The molecule has 0 amide bonds. The highest BCUT2D eigenvalue weighted by atomic mass is 16.5. The molecule has 0 aliphatic carbocycles. The van der Waals surface area contributed by atoms with E-state index in [0.717, 1.165) is 25.9 Å². The highest BCUT2D eigenvalue weighted by Gasteiger charge is 1.99. The van der Waals surface area contributed by atoms with Crippen LogP contribution in [-0.2, 0) is 14.3 Å². The molecule has 0 spiro atoms. The Balaban J connectivity index is 3.03. The van der Waals surface area contributed by atoms with Crippen molar-refractivity contribution in [3.8, 4) is 0 Å². The van der Waals surface area contributed by atoms with Crippen molar-refractivity contribution < 1.29 is 14.3 Å². The molecule has 0 fully saturated rings. The van der Waals surface area contributed by atoms with Crippen molar-refractivity contribution in [3.05, 3.63) is 0 Å². The maximum Gasteiger partial charge on any atom is 0.305 e. The van der Waals surface area contributed by atoms with Crippen molar-refractivity contribution in [3.63, 3.8) is 0 Å². The van der Waals surface area contributed by atoms with E-state index in [4.69, 9.17) is 9.47 Å². The number of esters is 1. The molecule has 0 aliphatic heterocycles. The van der Waals surface area contributed by atoms with Crippen molar-refractivity contribution in [1.82, 2.24) is 0 Å². The summed E-state index contributed by atoms with van der Waals surface area (Å²) in [5.41, 5.74) is 0. The van der Waals surface area contributed by atoms with Crippen LogP contribution in [0.1, 0.15) is 32.6 Å². The highest BCUT2D eigenvalue weighted by molar-refractivity contribution is 5.69. The van der Waals surface area contributed by atoms with Crippen LogP contribution < -0.4 is 0 Å². The van der Waals surface area contributed by atoms with E-state index in [1.54, 1.807) is 7.11 Å². The minimum Gasteiger partial charge on any atom is -0.466 e. The van der Waals surface area contributed by atoms with Crippen molar-refractivity contribution in [2.24, 2.45) is 0 Å². The fourth-order valence-corrected chi connectivity index (χ4v) is 0.926. The Morgan fingerprint density at radius 1 is 1.25 bits per heavy atom. The van der Waals surface area contributed by atoms with Gasteiger partial charge in [0, 0.05) is 20.1 Å². The molecule has 0 heterocycles. The van der Waals surface area contributed by atoms with Crippen molar-refractivity contribution in [1.29, 1.82) is 0 Å². The van der Waals surface area contributed by atoms with Gasteiger partial charge in [0.1, 0.15) is 0 Å². The third-order valence-electron chi connectivity index (χ3n) is 1.53. The maximum absolute atomic E-state index is 10.8. The lowest BCUT2D eigenvalue weighted by atomic mass is 10.2. The minimum absolute atomic E-state index is 0.0880. The Morgan fingerprint density at radius 3 is 2.58 bits per heavy atom. The molecule has 0 bridgehead atoms. The van der Waals surface area contributed by atoms with Crippen molar-refractivity contribution in [2.75, 3.05) is 20.3 Å². The fourth-order valence-electron chi connectivity index (χ4n) is 0.926. The Morgan fingerprint density at radius 2 is 2.00 bits per heavy atom. The molecule has 0 N–H and O–H groups in total. The van der Waals surface area contributed by atoms with Crippen LogP contribution in [0.5, 0.6) is 0 Å². The van der Waals surface area contributed by atoms with E-state index in [-0.39, 0.29) is 5.97 Å². The number of ether oxygens (including phenoxy) is 2. The van der Waals surface area contributed by atoms with E-state index in [2.05, 4.69) is 0 Å². The number of hydrogen-bond donors (Lipinski definition) is 0. The second-order valence-electron chi connectivity index (χ2n) is 2.61. The molecular weight excluding hydrogens is 156 g/mol. The molecule has 0 aromatic carbocycles. The smallest absolute Gasteiger partial charge is 0.305 e. The number of rotatable bonds is 7. The van der Waals surface area contributed by atoms with Crippen LogP contribution in [0.4, 0.5) is 0 Å². The van der Waals surface area contributed by atoms with Gasteiger partial charge in [-0.3, -0.25) is 4.79 Å². The molecule has 3 heteroatoms. The summed E-state index contributed by atoms with van der Waals surface area (Å²) in [5.74, 6) is -0.0880. The van der Waals surface area contributed by atoms with Crippen LogP contribution in [0.3, 0.4) is 0 Å². The molecule has 0 aliphatic rings. The zero-order valence-electron chi connectivity index (χ0n) is 7.97. The van der Waals surface area contributed by atoms with Gasteiger partial charge in [0.15, 0.2) is 0 Å². The monoisotopic (exact) mass is 174 g/mol. The van der Waals surface area contributed by atoms with Gasteiger partial charge in [0.25, 0.3) is 0 Å². The summed E-state index contributed by atoms with van der Waals surface area (Å²) in [6.07, 6.45) is 3.50. The van der Waals surface area contributed by atoms with E-state index in [0.29, 0.717) is 13.0 Å². The number of hydrogen-bond acceptors (Lipinski definition) is 3. The molecule has 0 aromatic heterocycles. The molecule has 12 heavy (non-hydrogen) atoms. The van der Waals surface area contributed by atoms with Crippen LogP contribution in [0.15, 0.2) is 0 Å². The predicted octanol–water partition coefficient (Wildman–Crippen LogP) is 1.76. The molecule has 3 nitrogen and oxygen atoms in total. The third kappa shape index (κ3) is 7.54. The van der Waals surface area contributed by atoms with Crippen molar-refractivity contribution >= 4 is 5.97 Å². The lowest BCUT2D eigenvalue weighted by Gasteiger charge is -2.01. The standard InChI is InChI=1S/C9H18O3/c1-3-12-9(10)7-5-4-6-8-11-2/h3-8H2,1-2H3. The first kappa shape index (κ1) is 11.4. The summed E-state index contributed by atoms with van der Waals surface area (Å²) in [5, 5.41) is 0. The minimum atomic E-state index is -0.0880. The maximum atomic E-state index is 10.8. The largest absolute Gasteiger partial charge is 0.466 e. The lowest BCUT2D eigenvalue weighted by Crippen LogP contribution is -2.03. The van der Waals surface area contributed by atoms with Crippen LogP contribution in [0, 0.1) is 0 Å². The van der Waals surface area contributed by atoms with Crippen molar-refractivity contribution in [2.45, 2.75) is 32.6 Å². The van der Waals surface area contributed by atoms with E-state index in [1.807, 2.05) is 6.92 Å². The molecule has 0 radical (unpaired) electrons. The molecular formula is C9H18O3. The average Bonchev–Trinajstić information content (AvgIpc) is 2.05. The van der Waals surface area contributed by atoms with Gasteiger partial charge < -0.3 is 9.47 Å². The van der Waals surface area contributed by atoms with Gasteiger partial charge in [-0.2, -0.15) is 0 Å². The van der Waals surface area contributed by atoms with E-state index in [9.17, 15) is 4.79 Å². The number of carbonyl (C=O) groups is 1. The molecule has 0 unspecified atom stereocenters. The second kappa shape index (κ2) is 8.53. The summed E-state index contributed by atoms with van der Waals surface area (Å²) in [7, 11) is 1.69. The zero-order valence-corrected chi connectivity index (χ0v) is 7.97. The van der Waals surface area contributed by atoms with Crippen LogP contribution in [0.25, 0.3) is 0 Å². The SMILES string of the molecule is CCOC(=O)CCCCCOC. The first-order valence-electron chi connectivity index (χ1n) is 4.45. The predicted molar refractivity (Wildman–Crippen MR) is 47.0 cm³/mol. The zero-order chi connectivity index (χ0) is 9.23. The second-order valence-corrected chi connectivity index (χ2v) is 2.61. The molecule has 72 valence electrons. The van der Waals surface area contributed by atoms with Gasteiger partial charge in [-0.05, 0) is 19.8 Å². The topological polar surface area (TPSA) is 35.5 Å². The van der Waals surface area contributed by atoms with Crippen LogP contribution >= 0.6 is 0 Å². The Kier molecular flexibility index (Phi) is 8.12. The third-order valence-corrected chi connectivity index (χ3v) is 1.53. The van der Waals surface area contributed by atoms with Gasteiger partial charge in [-0.15, -0.1) is 0 Å². The Bertz CT molecular complexity index is 112. The van der Waals surface area contributed by atoms with E-state index >= 15 is 0 Å². The number of unbranched alkanes of at least 4 members (excludes halogenated alkanes) is 2. The summed E-state index contributed by atoms with van der Waals surface area (Å²) in [6.45, 7) is 3.09. The summed E-state index contributed by atoms with van der Waals surface area (Å²) in [4.78, 5) is 10.8. The number of methoxy groups -OCH3 is 1. The summed E-state index contributed by atoms with van der Waals surface area (Å²) in [6, 6.07) is 0. The van der Waals surface area contributed by atoms with Gasteiger partial charge in [-0.25, -0.2) is 0 Å². The number of carbonyl (C=O) groups excluding carboxylic acids is 1. The Labute approximate surface area is 74.0 Å². The molecule has 0 aromatic rings. The van der Waals surface area contributed by atoms with Gasteiger partial charge in [0.05, 0.1) is 6.61 Å². The van der Waals surface area contributed by atoms with Crippen LogP contribution in [-0.4, -0.2) is 26.3 Å². The van der Waals surface area contributed by atoms with E-state index in [1.165, 1.54) is 0 Å². The fraction of sp³-hybridized carbons (Fsp3) is 0.889. The van der Waals surface area contributed by atoms with Gasteiger partial charge in [0.2, 0.25) is 0 Å². The average molecular weight is 174 g/mol. The molecule has 0 saturated heterocycles. The lowest BCUT2D eigenvalue weighted by molar-refractivity contribution is -0.143. The summed E-state index contributed by atoms with van der Waals surface area (Å²) >= 11 is 0. The first-order chi connectivity index (χ1) is 5.81. The van der Waals surface area contributed by atoms with Gasteiger partial charge >= 0.3 is 5.97 Å². The quantitative estimate of drug-likeness (QED) is 0.436. The first-order valence-corrected chi connectivity index (χ1v) is 4.45. The Hall–Kier alpha value is -0.570. The molecule has 0 saturated carbocycles. The molecule has 0 atom stereocenters. The molecule has 0 rings (SSSR count). The van der Waals surface area contributed by atoms with Gasteiger partial charge in [-0.1, -0.05) is 6.42 Å². The highest BCUT2D eigenvalue weighted by Crippen LogP contribution is 2.01. The van der Waals surface area contributed by atoms with Crippen LogP contribution in [0.2, 0.25) is 0 Å². The van der Waals surface area contributed by atoms with E-state index < -0.39 is 0 Å². The normalized spacial score (nSPS) is 9.83.